The van der Waals surface area contributed by atoms with Gasteiger partial charge >= 0.3 is 0 Å². The van der Waals surface area contributed by atoms with Crippen molar-refractivity contribution in [2.24, 2.45) is 5.10 Å². The van der Waals surface area contributed by atoms with Gasteiger partial charge in [0.25, 0.3) is 0 Å². The Kier molecular flexibility index (Phi) is 5.39. The number of nitrogens with zero attached hydrogens (tertiary/aromatic N) is 3. The summed E-state index contributed by atoms with van der Waals surface area (Å²) in [7, 11) is 0. The Morgan fingerprint density at radius 3 is 2.03 bits per heavy atom. The predicted molar refractivity (Wildman–Crippen MR) is 127 cm³/mol. The first-order valence-corrected chi connectivity index (χ1v) is 10.8. The molecule has 1 aliphatic heterocycles. The molecule has 0 amide bonds. The smallest absolute Gasteiger partial charge is 0.0555 e. The van der Waals surface area contributed by atoms with Gasteiger partial charge in [-0.3, -0.25) is 9.91 Å². The first-order chi connectivity index (χ1) is 14.8. The molecule has 0 spiro atoms. The first kappa shape index (κ1) is 19.1. The van der Waals surface area contributed by atoms with Gasteiger partial charge in [0.15, 0.2) is 0 Å². The zero-order valence-corrected chi connectivity index (χ0v) is 17.6. The van der Waals surface area contributed by atoms with Gasteiger partial charge in [0, 0.05) is 43.3 Å². The maximum Gasteiger partial charge on any atom is 0.0555 e. The van der Waals surface area contributed by atoms with Crippen molar-refractivity contribution in [3.63, 3.8) is 0 Å². The van der Waals surface area contributed by atoms with E-state index in [0.29, 0.717) is 0 Å². The van der Waals surface area contributed by atoms with Crippen LogP contribution in [0.3, 0.4) is 0 Å². The van der Waals surface area contributed by atoms with Crippen molar-refractivity contribution in [2.75, 3.05) is 26.2 Å². The zero-order valence-electron chi connectivity index (χ0n) is 16.8. The lowest BCUT2D eigenvalue weighted by atomic mass is 9.97. The van der Waals surface area contributed by atoms with Crippen LogP contribution in [0.1, 0.15) is 11.1 Å². The van der Waals surface area contributed by atoms with E-state index in [1.54, 1.807) is 0 Å². The number of piperazine rings is 1. The summed E-state index contributed by atoms with van der Waals surface area (Å²) in [6.07, 6.45) is 2.05. The van der Waals surface area contributed by atoms with Crippen LogP contribution in [-0.2, 0) is 6.54 Å². The third kappa shape index (κ3) is 3.91. The van der Waals surface area contributed by atoms with E-state index in [1.807, 2.05) is 18.3 Å². The highest BCUT2D eigenvalue weighted by atomic mass is 35.5. The van der Waals surface area contributed by atoms with Gasteiger partial charge in [0.2, 0.25) is 0 Å². The molecule has 3 nitrogen and oxygen atoms in total. The number of hydrogen-bond donors (Lipinski definition) is 0. The molecule has 0 atom stereocenters. The molecule has 0 radical (unpaired) electrons. The van der Waals surface area contributed by atoms with Crippen LogP contribution in [-0.4, -0.2) is 42.3 Å². The van der Waals surface area contributed by atoms with Crippen LogP contribution in [0.5, 0.6) is 0 Å². The first-order valence-electron chi connectivity index (χ1n) is 10.4. The Hall–Kier alpha value is -2.88. The molecule has 0 bridgehead atoms. The van der Waals surface area contributed by atoms with E-state index in [0.717, 1.165) is 37.7 Å². The molecular formula is C26H24ClN3. The molecule has 30 heavy (non-hydrogen) atoms. The van der Waals surface area contributed by atoms with Crippen LogP contribution in [0, 0.1) is 0 Å². The molecule has 0 N–H and O–H groups in total. The van der Waals surface area contributed by atoms with E-state index in [2.05, 4.69) is 76.6 Å². The average Bonchev–Trinajstić information content (AvgIpc) is 2.79. The number of benzene rings is 4. The van der Waals surface area contributed by atoms with Crippen LogP contribution in [0.25, 0.3) is 21.5 Å². The summed E-state index contributed by atoms with van der Waals surface area (Å²) < 4.78 is 0. The van der Waals surface area contributed by atoms with E-state index in [1.165, 1.54) is 32.7 Å². The number of hydrazone groups is 1. The van der Waals surface area contributed by atoms with Crippen molar-refractivity contribution >= 4 is 39.4 Å². The molecule has 1 heterocycles. The Morgan fingerprint density at radius 1 is 0.767 bits per heavy atom. The van der Waals surface area contributed by atoms with Gasteiger partial charge in [-0.2, -0.15) is 5.10 Å². The molecule has 4 aromatic rings. The van der Waals surface area contributed by atoms with Crippen molar-refractivity contribution in [3.8, 4) is 0 Å². The molecule has 0 saturated carbocycles. The van der Waals surface area contributed by atoms with Gasteiger partial charge in [-0.1, -0.05) is 78.3 Å². The fraction of sp³-hybridized carbons (Fsp3) is 0.192. The topological polar surface area (TPSA) is 18.8 Å². The molecule has 0 unspecified atom stereocenters. The SMILES string of the molecule is Clc1ccccc1CN1CCN(N=Cc2c3ccccc3cc3ccccc23)CC1. The molecule has 1 aliphatic rings. The lowest BCUT2D eigenvalue weighted by Gasteiger charge is -2.33. The van der Waals surface area contributed by atoms with Gasteiger partial charge in [0.05, 0.1) is 6.21 Å². The Morgan fingerprint density at radius 2 is 1.37 bits per heavy atom. The summed E-state index contributed by atoms with van der Waals surface area (Å²) in [5.41, 5.74) is 2.39. The molecular weight excluding hydrogens is 390 g/mol. The molecule has 0 aromatic heterocycles. The Balaban J connectivity index is 1.34. The van der Waals surface area contributed by atoms with Gasteiger partial charge in [0.1, 0.15) is 0 Å². The van der Waals surface area contributed by atoms with Gasteiger partial charge < -0.3 is 0 Å². The molecule has 4 aromatic carbocycles. The number of fused-ring (bicyclic) bond motifs is 2. The van der Waals surface area contributed by atoms with E-state index >= 15 is 0 Å². The van der Waals surface area contributed by atoms with Gasteiger partial charge in [-0.25, -0.2) is 0 Å². The molecule has 0 aliphatic carbocycles. The monoisotopic (exact) mass is 413 g/mol. The second-order valence-electron chi connectivity index (χ2n) is 7.80. The van der Waals surface area contributed by atoms with Crippen LogP contribution >= 0.6 is 11.6 Å². The second kappa shape index (κ2) is 8.47. The van der Waals surface area contributed by atoms with Crippen LogP contribution in [0.4, 0.5) is 0 Å². The van der Waals surface area contributed by atoms with Crippen molar-refractivity contribution in [3.05, 3.63) is 95.0 Å². The second-order valence-corrected chi connectivity index (χ2v) is 8.21. The molecule has 5 rings (SSSR count). The quantitative estimate of drug-likeness (QED) is 0.311. The fourth-order valence-electron chi connectivity index (χ4n) is 4.21. The number of hydrogen-bond acceptors (Lipinski definition) is 3. The van der Waals surface area contributed by atoms with E-state index in [-0.39, 0.29) is 0 Å². The Bertz CT molecular complexity index is 1160. The molecule has 1 saturated heterocycles. The summed E-state index contributed by atoms with van der Waals surface area (Å²) in [6, 6.07) is 27.5. The maximum absolute atomic E-state index is 6.32. The highest BCUT2D eigenvalue weighted by molar-refractivity contribution is 6.31. The van der Waals surface area contributed by atoms with E-state index in [9.17, 15) is 0 Å². The molecule has 4 heteroatoms. The van der Waals surface area contributed by atoms with Crippen LogP contribution in [0.15, 0.2) is 84.0 Å². The van der Waals surface area contributed by atoms with Gasteiger partial charge in [-0.05, 0) is 39.2 Å². The summed E-state index contributed by atoms with van der Waals surface area (Å²) in [6.45, 7) is 4.70. The summed E-state index contributed by atoms with van der Waals surface area (Å²) in [4.78, 5) is 2.44. The molecule has 150 valence electrons. The van der Waals surface area contributed by atoms with Crippen molar-refractivity contribution in [1.29, 1.82) is 0 Å². The van der Waals surface area contributed by atoms with Crippen LogP contribution < -0.4 is 0 Å². The largest absolute Gasteiger partial charge is 0.295 e. The minimum absolute atomic E-state index is 0.848. The number of halogens is 1. The zero-order chi connectivity index (χ0) is 20.3. The highest BCUT2D eigenvalue weighted by Gasteiger charge is 2.16. The lowest BCUT2D eigenvalue weighted by molar-refractivity contribution is 0.131. The standard InChI is InChI=1S/C26H24ClN3/c27-26-12-6-3-9-22(26)19-29-13-15-30(16-14-29)28-18-25-23-10-4-1-7-20(23)17-21-8-2-5-11-24(21)25/h1-12,17-18H,13-16,19H2. The third-order valence-electron chi connectivity index (χ3n) is 5.86. The maximum atomic E-state index is 6.32. The highest BCUT2D eigenvalue weighted by Crippen LogP contribution is 2.27. The van der Waals surface area contributed by atoms with E-state index < -0.39 is 0 Å². The summed E-state index contributed by atoms with van der Waals surface area (Å²) >= 11 is 6.32. The summed E-state index contributed by atoms with van der Waals surface area (Å²) in [5, 5.41) is 12.9. The van der Waals surface area contributed by atoms with Crippen LogP contribution in [0.2, 0.25) is 5.02 Å². The minimum atomic E-state index is 0.848. The van der Waals surface area contributed by atoms with Crippen molar-refractivity contribution < 1.29 is 0 Å². The molecule has 1 fully saturated rings. The normalized spacial score (nSPS) is 15.4. The van der Waals surface area contributed by atoms with E-state index in [4.69, 9.17) is 16.7 Å². The fourth-order valence-corrected chi connectivity index (χ4v) is 4.40. The van der Waals surface area contributed by atoms with Gasteiger partial charge in [-0.15, -0.1) is 0 Å². The van der Waals surface area contributed by atoms with Crippen molar-refractivity contribution in [2.45, 2.75) is 6.54 Å². The minimum Gasteiger partial charge on any atom is -0.295 e. The predicted octanol–water partition coefficient (Wildman–Crippen LogP) is 5.80. The Labute approximate surface area is 182 Å². The average molecular weight is 414 g/mol. The summed E-state index contributed by atoms with van der Waals surface area (Å²) in [5.74, 6) is 0. The van der Waals surface area contributed by atoms with Crippen molar-refractivity contribution in [1.82, 2.24) is 9.91 Å². The lowest BCUT2D eigenvalue weighted by Crippen LogP contribution is -2.43. The third-order valence-corrected chi connectivity index (χ3v) is 6.23. The number of rotatable bonds is 4.